The van der Waals surface area contributed by atoms with Crippen LogP contribution in [0.2, 0.25) is 5.02 Å². The molecule has 0 aliphatic carbocycles. The summed E-state index contributed by atoms with van der Waals surface area (Å²) in [5, 5.41) is 3.02. The zero-order valence-corrected chi connectivity index (χ0v) is 22.9. The second-order valence-electron chi connectivity index (χ2n) is 7.94. The summed E-state index contributed by atoms with van der Waals surface area (Å²) in [6.45, 7) is 1.20. The number of halogens is 1. The van der Waals surface area contributed by atoms with Gasteiger partial charge in [-0.05, 0) is 67.1 Å². The predicted molar refractivity (Wildman–Crippen MR) is 144 cm³/mol. The molecule has 1 amide bonds. The Morgan fingerprint density at radius 3 is 2.19 bits per heavy atom. The van der Waals surface area contributed by atoms with Crippen LogP contribution in [-0.4, -0.2) is 49.8 Å². The number of aryl methyl sites for hydroxylation is 1. The quantitative estimate of drug-likeness (QED) is 0.380. The zero-order valence-electron chi connectivity index (χ0n) is 20.5. The number of hydrogen-bond acceptors (Lipinski definition) is 7. The molecule has 13 heteroatoms. The second-order valence-corrected chi connectivity index (χ2v) is 12.0. The third kappa shape index (κ3) is 7.06. The standard InChI is InChI=1S/C24H26ClN3O7S2/c1-16-13-17(25)5-11-22(16)28(36(4,30)31)15-24(29)26-18-6-9-20(10-7-18)37(32,33)27-21-14-19(34-2)8-12-23(21)35-3/h5-14,27H,15H2,1-4H3,(H,26,29). The molecular weight excluding hydrogens is 542 g/mol. The van der Waals surface area contributed by atoms with Crippen molar-refractivity contribution in [1.82, 2.24) is 0 Å². The molecule has 0 radical (unpaired) electrons. The van der Waals surface area contributed by atoms with Gasteiger partial charge in [-0.3, -0.25) is 13.8 Å². The zero-order chi connectivity index (χ0) is 27.4. The van der Waals surface area contributed by atoms with Gasteiger partial charge in [0.15, 0.2) is 0 Å². The molecule has 0 aliphatic rings. The van der Waals surface area contributed by atoms with Gasteiger partial charge in [-0.25, -0.2) is 16.8 Å². The molecule has 10 nitrogen and oxygen atoms in total. The molecule has 37 heavy (non-hydrogen) atoms. The molecule has 0 aromatic heterocycles. The highest BCUT2D eigenvalue weighted by molar-refractivity contribution is 7.92. The molecule has 198 valence electrons. The van der Waals surface area contributed by atoms with Gasteiger partial charge in [0.25, 0.3) is 10.0 Å². The smallest absolute Gasteiger partial charge is 0.262 e. The molecule has 3 aromatic carbocycles. The van der Waals surface area contributed by atoms with Gasteiger partial charge in [0.2, 0.25) is 15.9 Å². The molecule has 0 aliphatic heterocycles. The van der Waals surface area contributed by atoms with E-state index in [1.54, 1.807) is 25.1 Å². The van der Waals surface area contributed by atoms with E-state index in [-0.39, 0.29) is 16.3 Å². The van der Waals surface area contributed by atoms with Crippen molar-refractivity contribution in [2.75, 3.05) is 41.4 Å². The van der Waals surface area contributed by atoms with Crippen LogP contribution in [-0.2, 0) is 24.8 Å². The number of ether oxygens (including phenoxy) is 2. The number of amides is 1. The van der Waals surface area contributed by atoms with Crippen LogP contribution in [0.15, 0.2) is 65.6 Å². The van der Waals surface area contributed by atoms with Crippen LogP contribution >= 0.6 is 11.6 Å². The van der Waals surface area contributed by atoms with E-state index in [1.807, 2.05) is 0 Å². The average molecular weight is 568 g/mol. The Morgan fingerprint density at radius 2 is 1.62 bits per heavy atom. The second kappa shape index (κ2) is 11.3. The summed E-state index contributed by atoms with van der Waals surface area (Å²) in [7, 11) is -4.91. The molecule has 0 saturated carbocycles. The maximum absolute atomic E-state index is 12.9. The Kier molecular flexibility index (Phi) is 8.57. The van der Waals surface area contributed by atoms with Crippen LogP contribution in [0.25, 0.3) is 0 Å². The summed E-state index contributed by atoms with van der Waals surface area (Å²) in [4.78, 5) is 12.6. The summed E-state index contributed by atoms with van der Waals surface area (Å²) in [5.74, 6) is 0.128. The van der Waals surface area contributed by atoms with Crippen molar-refractivity contribution in [1.29, 1.82) is 0 Å². The first-order valence-corrected chi connectivity index (χ1v) is 14.4. The van der Waals surface area contributed by atoms with Crippen LogP contribution < -0.4 is 23.8 Å². The van der Waals surface area contributed by atoms with E-state index >= 15 is 0 Å². The van der Waals surface area contributed by atoms with Crippen LogP contribution in [0.5, 0.6) is 11.5 Å². The molecule has 0 fully saturated rings. The molecular formula is C24H26ClN3O7S2. The van der Waals surface area contributed by atoms with E-state index in [4.69, 9.17) is 21.1 Å². The Hall–Kier alpha value is -3.48. The van der Waals surface area contributed by atoms with Crippen molar-refractivity contribution in [3.05, 3.63) is 71.2 Å². The van der Waals surface area contributed by atoms with Crippen molar-refractivity contribution in [2.24, 2.45) is 0 Å². The van der Waals surface area contributed by atoms with Crippen molar-refractivity contribution in [3.8, 4) is 11.5 Å². The first-order chi connectivity index (χ1) is 17.3. The van der Waals surface area contributed by atoms with Crippen molar-refractivity contribution in [2.45, 2.75) is 11.8 Å². The highest BCUT2D eigenvalue weighted by atomic mass is 35.5. The van der Waals surface area contributed by atoms with Crippen molar-refractivity contribution in [3.63, 3.8) is 0 Å². The first-order valence-electron chi connectivity index (χ1n) is 10.7. The molecule has 0 atom stereocenters. The van der Waals surface area contributed by atoms with Gasteiger partial charge >= 0.3 is 0 Å². The molecule has 0 unspecified atom stereocenters. The summed E-state index contributed by atoms with van der Waals surface area (Å²) < 4.78 is 64.3. The molecule has 0 heterocycles. The summed E-state index contributed by atoms with van der Waals surface area (Å²) in [5.41, 5.74) is 1.38. The van der Waals surface area contributed by atoms with E-state index in [0.717, 1.165) is 10.6 Å². The van der Waals surface area contributed by atoms with Gasteiger partial charge in [-0.1, -0.05) is 11.6 Å². The lowest BCUT2D eigenvalue weighted by atomic mass is 10.2. The summed E-state index contributed by atoms with van der Waals surface area (Å²) >= 11 is 5.96. The molecule has 0 spiro atoms. The van der Waals surface area contributed by atoms with Crippen LogP contribution in [0.4, 0.5) is 17.1 Å². The normalized spacial score (nSPS) is 11.5. The Morgan fingerprint density at radius 1 is 0.946 bits per heavy atom. The van der Waals surface area contributed by atoms with Crippen molar-refractivity contribution >= 4 is 54.6 Å². The highest BCUT2D eigenvalue weighted by Crippen LogP contribution is 2.31. The fraction of sp³-hybridized carbons (Fsp3) is 0.208. The number of carbonyl (C=O) groups excluding carboxylic acids is 1. The molecule has 0 saturated heterocycles. The monoisotopic (exact) mass is 567 g/mol. The molecule has 3 rings (SSSR count). The largest absolute Gasteiger partial charge is 0.497 e. The number of anilines is 3. The number of methoxy groups -OCH3 is 2. The van der Waals surface area contributed by atoms with Gasteiger partial charge in [0.1, 0.15) is 18.0 Å². The fourth-order valence-corrected chi connectivity index (χ4v) is 5.63. The van der Waals surface area contributed by atoms with Crippen LogP contribution in [0.3, 0.4) is 0 Å². The third-order valence-corrected chi connectivity index (χ3v) is 7.96. The Labute approximate surface area is 221 Å². The summed E-state index contributed by atoms with van der Waals surface area (Å²) in [6, 6.07) is 14.8. The van der Waals surface area contributed by atoms with Crippen LogP contribution in [0, 0.1) is 6.92 Å². The average Bonchev–Trinajstić information content (AvgIpc) is 2.82. The van der Waals surface area contributed by atoms with Crippen molar-refractivity contribution < 1.29 is 31.1 Å². The third-order valence-electron chi connectivity index (χ3n) is 5.21. The predicted octanol–water partition coefficient (Wildman–Crippen LogP) is 3.87. The van der Waals surface area contributed by atoms with E-state index < -0.39 is 32.5 Å². The minimum Gasteiger partial charge on any atom is -0.497 e. The lowest BCUT2D eigenvalue weighted by molar-refractivity contribution is -0.114. The number of nitrogens with one attached hydrogen (secondary N) is 2. The maximum Gasteiger partial charge on any atom is 0.262 e. The minimum atomic E-state index is -4.00. The van der Waals surface area contributed by atoms with Gasteiger partial charge in [-0.2, -0.15) is 0 Å². The molecule has 3 aromatic rings. The minimum absolute atomic E-state index is 0.0649. The lowest BCUT2D eigenvalue weighted by Gasteiger charge is -2.23. The Balaban J connectivity index is 1.76. The van der Waals surface area contributed by atoms with E-state index in [9.17, 15) is 21.6 Å². The SMILES string of the molecule is COc1ccc(OC)c(NS(=O)(=O)c2ccc(NC(=O)CN(c3ccc(Cl)cc3C)S(C)(=O)=O)cc2)c1. The van der Waals surface area contributed by atoms with Crippen LogP contribution in [0.1, 0.15) is 5.56 Å². The van der Waals surface area contributed by atoms with E-state index in [2.05, 4.69) is 10.0 Å². The number of nitrogens with zero attached hydrogens (tertiary/aromatic N) is 1. The van der Waals surface area contributed by atoms with Gasteiger partial charge in [-0.15, -0.1) is 0 Å². The molecule has 2 N–H and O–H groups in total. The topological polar surface area (TPSA) is 131 Å². The maximum atomic E-state index is 12.9. The summed E-state index contributed by atoms with van der Waals surface area (Å²) in [6.07, 6.45) is 0.998. The number of carbonyl (C=O) groups is 1. The fourth-order valence-electron chi connectivity index (χ4n) is 3.43. The first kappa shape index (κ1) is 28.1. The van der Waals surface area contributed by atoms with E-state index in [1.165, 1.54) is 56.7 Å². The van der Waals surface area contributed by atoms with E-state index in [0.29, 0.717) is 27.8 Å². The van der Waals surface area contributed by atoms with Gasteiger partial charge in [0.05, 0.1) is 36.7 Å². The Bertz CT molecular complexity index is 1510. The molecule has 0 bridgehead atoms. The highest BCUT2D eigenvalue weighted by Gasteiger charge is 2.23. The number of sulfonamides is 2. The van der Waals surface area contributed by atoms with Gasteiger partial charge < -0.3 is 14.8 Å². The number of hydrogen-bond donors (Lipinski definition) is 2. The number of rotatable bonds is 10. The number of benzene rings is 3. The van der Waals surface area contributed by atoms with Gasteiger partial charge in [0, 0.05) is 16.8 Å². The lowest BCUT2D eigenvalue weighted by Crippen LogP contribution is -2.37.